The molecule has 1 amide bonds. The summed E-state index contributed by atoms with van der Waals surface area (Å²) in [5, 5.41) is 3.07. The molecule has 7 nitrogen and oxygen atoms in total. The third-order valence-electron chi connectivity index (χ3n) is 5.09. The molecule has 3 aromatic rings. The molecule has 0 radical (unpaired) electrons. The Hall–Kier alpha value is -3.06. The number of fused-ring (bicyclic) bond motifs is 1. The molecule has 1 saturated heterocycles. The molecule has 3 heterocycles. The van der Waals surface area contributed by atoms with Crippen LogP contribution in [-0.4, -0.2) is 48.2 Å². The summed E-state index contributed by atoms with van der Waals surface area (Å²) in [6, 6.07) is 11.9. The lowest BCUT2D eigenvalue weighted by Gasteiger charge is -2.30. The minimum Gasteiger partial charge on any atom is -0.490 e. The van der Waals surface area contributed by atoms with E-state index in [0.29, 0.717) is 35.9 Å². The minimum absolute atomic E-state index is 0.152. The van der Waals surface area contributed by atoms with Gasteiger partial charge in [0, 0.05) is 31.5 Å². The first-order valence-electron chi connectivity index (χ1n) is 9.98. The molecule has 2 aromatic heterocycles. The highest BCUT2D eigenvalue weighted by molar-refractivity contribution is 5.95. The highest BCUT2D eigenvalue weighted by Gasteiger charge is 2.20. The zero-order valence-electron chi connectivity index (χ0n) is 16.9. The fourth-order valence-corrected chi connectivity index (χ4v) is 3.73. The Balaban J connectivity index is 1.55. The number of anilines is 1. The average molecular weight is 394 g/mol. The van der Waals surface area contributed by atoms with Crippen LogP contribution >= 0.6 is 0 Å². The van der Waals surface area contributed by atoms with Crippen LogP contribution in [0.1, 0.15) is 28.7 Å². The summed E-state index contributed by atoms with van der Waals surface area (Å²) in [6.07, 6.45) is 1.84. The van der Waals surface area contributed by atoms with Gasteiger partial charge in [0.15, 0.2) is 11.4 Å². The van der Waals surface area contributed by atoms with Gasteiger partial charge in [-0.1, -0.05) is 18.2 Å². The molecular weight excluding hydrogens is 368 g/mol. The van der Waals surface area contributed by atoms with Crippen LogP contribution in [0.25, 0.3) is 5.65 Å². The number of aryl methyl sites for hydroxylation is 1. The zero-order valence-corrected chi connectivity index (χ0v) is 16.9. The van der Waals surface area contributed by atoms with Gasteiger partial charge in [0.1, 0.15) is 5.69 Å². The summed E-state index contributed by atoms with van der Waals surface area (Å²) in [5.74, 6) is 0.523. The van der Waals surface area contributed by atoms with E-state index in [1.165, 1.54) is 0 Å². The van der Waals surface area contributed by atoms with Crippen molar-refractivity contribution in [2.75, 3.05) is 37.8 Å². The van der Waals surface area contributed by atoms with Gasteiger partial charge in [-0.25, -0.2) is 4.98 Å². The largest absolute Gasteiger partial charge is 0.490 e. The summed E-state index contributed by atoms with van der Waals surface area (Å²) in [6.45, 7) is 7.94. The summed E-state index contributed by atoms with van der Waals surface area (Å²) >= 11 is 0. The van der Waals surface area contributed by atoms with Crippen LogP contribution < -0.4 is 15.0 Å². The second kappa shape index (κ2) is 8.53. The minimum atomic E-state index is -0.152. The van der Waals surface area contributed by atoms with E-state index >= 15 is 0 Å². The van der Waals surface area contributed by atoms with Gasteiger partial charge in [0.25, 0.3) is 5.91 Å². The number of aromatic nitrogens is 2. The second-order valence-corrected chi connectivity index (χ2v) is 6.96. The fourth-order valence-electron chi connectivity index (χ4n) is 3.73. The van der Waals surface area contributed by atoms with Gasteiger partial charge in [-0.05, 0) is 37.6 Å². The Labute approximate surface area is 170 Å². The van der Waals surface area contributed by atoms with E-state index in [4.69, 9.17) is 9.47 Å². The first-order chi connectivity index (χ1) is 14.2. The summed E-state index contributed by atoms with van der Waals surface area (Å²) in [4.78, 5) is 19.9. The molecule has 29 heavy (non-hydrogen) atoms. The number of hydrogen-bond acceptors (Lipinski definition) is 5. The number of hydrogen-bond donors (Lipinski definition) is 1. The summed E-state index contributed by atoms with van der Waals surface area (Å²) < 4.78 is 12.9. The predicted octanol–water partition coefficient (Wildman–Crippen LogP) is 2.81. The second-order valence-electron chi connectivity index (χ2n) is 6.96. The maximum atomic E-state index is 13.0. The van der Waals surface area contributed by atoms with Gasteiger partial charge >= 0.3 is 0 Å². The van der Waals surface area contributed by atoms with Gasteiger partial charge < -0.3 is 19.7 Å². The number of benzene rings is 1. The monoisotopic (exact) mass is 394 g/mol. The Bertz CT molecular complexity index is 1010. The van der Waals surface area contributed by atoms with Crippen LogP contribution in [0.2, 0.25) is 0 Å². The summed E-state index contributed by atoms with van der Waals surface area (Å²) in [5.41, 5.74) is 4.10. The van der Waals surface area contributed by atoms with Crippen molar-refractivity contribution >= 4 is 17.2 Å². The van der Waals surface area contributed by atoms with Crippen molar-refractivity contribution in [1.29, 1.82) is 0 Å². The number of para-hydroxylation sites is 1. The molecular formula is C22H26N4O3. The summed E-state index contributed by atoms with van der Waals surface area (Å²) in [7, 11) is 0. The number of carbonyl (C=O) groups excluding carboxylic acids is 1. The molecule has 0 bridgehead atoms. The zero-order chi connectivity index (χ0) is 20.2. The number of ether oxygens (including phenoxy) is 2. The maximum absolute atomic E-state index is 13.0. The molecule has 1 aromatic carbocycles. The van der Waals surface area contributed by atoms with Crippen molar-refractivity contribution in [2.45, 2.75) is 20.4 Å². The van der Waals surface area contributed by atoms with E-state index in [1.807, 2.05) is 44.3 Å². The predicted molar refractivity (Wildman–Crippen MR) is 112 cm³/mol. The number of amides is 1. The van der Waals surface area contributed by atoms with Crippen LogP contribution in [-0.2, 0) is 11.3 Å². The molecule has 152 valence electrons. The molecule has 0 aliphatic carbocycles. The number of carbonyl (C=O) groups is 1. The Morgan fingerprint density at radius 2 is 2.00 bits per heavy atom. The standard InChI is InChI=1S/C22H26N4O3/c1-3-29-19-9-6-10-26-20(16(2)24-21(19)26)22(27)23-15-17-7-4-5-8-18(17)25-11-13-28-14-12-25/h4-10H,3,11-15H2,1-2H3,(H,23,27). The number of nitrogens with zero attached hydrogens (tertiary/aromatic N) is 3. The third-order valence-corrected chi connectivity index (χ3v) is 5.09. The molecule has 0 unspecified atom stereocenters. The lowest BCUT2D eigenvalue weighted by Crippen LogP contribution is -2.37. The highest BCUT2D eigenvalue weighted by Crippen LogP contribution is 2.23. The number of imidazole rings is 1. The molecule has 7 heteroatoms. The van der Waals surface area contributed by atoms with Crippen molar-refractivity contribution in [2.24, 2.45) is 0 Å². The van der Waals surface area contributed by atoms with Crippen molar-refractivity contribution in [3.8, 4) is 5.75 Å². The van der Waals surface area contributed by atoms with E-state index in [2.05, 4.69) is 27.3 Å². The Kier molecular flexibility index (Phi) is 5.67. The van der Waals surface area contributed by atoms with Gasteiger partial charge in [-0.3, -0.25) is 9.20 Å². The number of nitrogens with one attached hydrogen (secondary N) is 1. The molecule has 1 N–H and O–H groups in total. The molecule has 1 aliphatic rings. The highest BCUT2D eigenvalue weighted by atomic mass is 16.5. The van der Waals surface area contributed by atoms with Crippen LogP contribution in [0.4, 0.5) is 5.69 Å². The molecule has 4 rings (SSSR count). The van der Waals surface area contributed by atoms with Gasteiger partial charge in [-0.2, -0.15) is 0 Å². The average Bonchev–Trinajstić information content (AvgIpc) is 3.10. The van der Waals surface area contributed by atoms with Gasteiger partial charge in [0.05, 0.1) is 25.5 Å². The van der Waals surface area contributed by atoms with E-state index in [9.17, 15) is 4.79 Å². The lowest BCUT2D eigenvalue weighted by molar-refractivity contribution is 0.0944. The quantitative estimate of drug-likeness (QED) is 0.696. The molecule has 1 fully saturated rings. The molecule has 0 saturated carbocycles. The normalized spacial score (nSPS) is 14.2. The maximum Gasteiger partial charge on any atom is 0.270 e. The van der Waals surface area contributed by atoms with Gasteiger partial charge in [0.2, 0.25) is 0 Å². The lowest BCUT2D eigenvalue weighted by atomic mass is 10.1. The van der Waals surface area contributed by atoms with Crippen LogP contribution in [0.3, 0.4) is 0 Å². The smallest absolute Gasteiger partial charge is 0.270 e. The van der Waals surface area contributed by atoms with E-state index < -0.39 is 0 Å². The topological polar surface area (TPSA) is 68.1 Å². The number of pyridine rings is 1. The molecule has 0 spiro atoms. The molecule has 0 atom stereocenters. The van der Waals surface area contributed by atoms with Crippen molar-refractivity contribution in [3.63, 3.8) is 0 Å². The Morgan fingerprint density at radius 3 is 2.79 bits per heavy atom. The first kappa shape index (κ1) is 19.3. The van der Waals surface area contributed by atoms with Crippen LogP contribution in [0.5, 0.6) is 5.75 Å². The van der Waals surface area contributed by atoms with Crippen molar-refractivity contribution < 1.29 is 14.3 Å². The van der Waals surface area contributed by atoms with Crippen molar-refractivity contribution in [1.82, 2.24) is 14.7 Å². The Morgan fingerprint density at radius 1 is 1.21 bits per heavy atom. The number of morpholine rings is 1. The van der Waals surface area contributed by atoms with Gasteiger partial charge in [-0.15, -0.1) is 0 Å². The number of rotatable bonds is 6. The van der Waals surface area contributed by atoms with E-state index in [0.717, 1.165) is 37.6 Å². The van der Waals surface area contributed by atoms with Crippen LogP contribution in [0.15, 0.2) is 42.6 Å². The van der Waals surface area contributed by atoms with E-state index in [1.54, 1.807) is 4.40 Å². The van der Waals surface area contributed by atoms with Crippen LogP contribution in [0, 0.1) is 6.92 Å². The first-order valence-corrected chi connectivity index (χ1v) is 9.98. The third kappa shape index (κ3) is 3.91. The SMILES string of the molecule is CCOc1cccn2c(C(=O)NCc3ccccc3N3CCOCC3)c(C)nc12. The van der Waals surface area contributed by atoms with E-state index in [-0.39, 0.29) is 5.91 Å². The fraction of sp³-hybridized carbons (Fsp3) is 0.364. The van der Waals surface area contributed by atoms with Crippen molar-refractivity contribution in [3.05, 3.63) is 59.5 Å². The molecule has 1 aliphatic heterocycles.